The Morgan fingerprint density at radius 1 is 1.00 bits per heavy atom. The predicted octanol–water partition coefficient (Wildman–Crippen LogP) is 4.62. The minimum atomic E-state index is -0.210. The summed E-state index contributed by atoms with van der Waals surface area (Å²) in [6.07, 6.45) is 5.43. The lowest BCUT2D eigenvalue weighted by molar-refractivity contribution is 0.0951. The molecule has 1 amide bonds. The molecule has 2 aromatic carbocycles. The molecule has 0 radical (unpaired) electrons. The van der Waals surface area contributed by atoms with Crippen LogP contribution < -0.4 is 5.32 Å². The molecular formula is C26H23N5O2. The normalized spacial score (nSPS) is 10.9. The maximum atomic E-state index is 13.2. The molecule has 5 aromatic rings. The summed E-state index contributed by atoms with van der Waals surface area (Å²) in [5, 5.41) is 11.9. The Morgan fingerprint density at radius 2 is 1.85 bits per heavy atom. The van der Waals surface area contributed by atoms with Crippen LogP contribution in [0.3, 0.4) is 0 Å². The van der Waals surface area contributed by atoms with Crippen molar-refractivity contribution >= 4 is 5.91 Å². The molecule has 0 fully saturated rings. The molecule has 0 atom stereocenters. The fourth-order valence-electron chi connectivity index (χ4n) is 3.69. The lowest BCUT2D eigenvalue weighted by atomic mass is 10.1. The highest BCUT2D eigenvalue weighted by Gasteiger charge is 2.20. The quantitative estimate of drug-likeness (QED) is 0.403. The van der Waals surface area contributed by atoms with Crippen molar-refractivity contribution in [3.05, 3.63) is 114 Å². The number of aromatic nitrogens is 4. The molecular weight excluding hydrogens is 414 g/mol. The summed E-state index contributed by atoms with van der Waals surface area (Å²) in [6, 6.07) is 23.4. The van der Waals surface area contributed by atoms with Crippen LogP contribution in [0.25, 0.3) is 17.1 Å². The summed E-state index contributed by atoms with van der Waals surface area (Å²) < 4.78 is 9.34. The Labute approximate surface area is 191 Å². The largest absolute Gasteiger partial charge is 0.460 e. The number of aryl methyl sites for hydroxylation is 1. The molecule has 0 saturated heterocycles. The smallest absolute Gasteiger partial charge is 0.255 e. The minimum Gasteiger partial charge on any atom is -0.460 e. The van der Waals surface area contributed by atoms with Crippen molar-refractivity contribution in [2.75, 3.05) is 0 Å². The van der Waals surface area contributed by atoms with E-state index in [2.05, 4.69) is 21.6 Å². The summed E-state index contributed by atoms with van der Waals surface area (Å²) in [4.78, 5) is 13.2. The fraction of sp³-hybridized carbons (Fsp3) is 0.115. The van der Waals surface area contributed by atoms with Gasteiger partial charge in [-0.2, -0.15) is 10.2 Å². The molecule has 3 aromatic heterocycles. The Morgan fingerprint density at radius 3 is 2.61 bits per heavy atom. The van der Waals surface area contributed by atoms with Gasteiger partial charge in [0.15, 0.2) is 5.76 Å². The first kappa shape index (κ1) is 20.5. The van der Waals surface area contributed by atoms with Crippen LogP contribution in [0, 0.1) is 6.92 Å². The van der Waals surface area contributed by atoms with Gasteiger partial charge >= 0.3 is 0 Å². The van der Waals surface area contributed by atoms with Crippen molar-refractivity contribution in [1.82, 2.24) is 24.9 Å². The number of nitrogens with one attached hydrogen (secondary N) is 1. The van der Waals surface area contributed by atoms with E-state index in [1.165, 1.54) is 0 Å². The third-order valence-electron chi connectivity index (χ3n) is 5.30. The first-order valence-corrected chi connectivity index (χ1v) is 10.7. The molecule has 0 saturated carbocycles. The summed E-state index contributed by atoms with van der Waals surface area (Å²) >= 11 is 0. The second kappa shape index (κ2) is 9.00. The first-order chi connectivity index (χ1) is 16.2. The fourth-order valence-corrected chi connectivity index (χ4v) is 3.69. The lowest BCUT2D eigenvalue weighted by Crippen LogP contribution is -2.23. The van der Waals surface area contributed by atoms with E-state index in [9.17, 15) is 4.79 Å². The summed E-state index contributed by atoms with van der Waals surface area (Å²) in [5.41, 5.74) is 3.97. The molecule has 1 N–H and O–H groups in total. The summed E-state index contributed by atoms with van der Waals surface area (Å²) in [6.45, 7) is 2.95. The van der Waals surface area contributed by atoms with Crippen molar-refractivity contribution in [3.63, 3.8) is 0 Å². The van der Waals surface area contributed by atoms with Crippen LogP contribution in [-0.4, -0.2) is 25.5 Å². The van der Waals surface area contributed by atoms with Gasteiger partial charge in [-0.1, -0.05) is 42.5 Å². The standard InChI is InChI=1S/C26H23N5O2/c1-19-11-12-24(33-19)25-23(18-31(29-25)22-9-3-2-4-10-22)26(32)27-16-20-7-5-8-21(15-20)17-30-14-6-13-28-30/h2-15,18H,16-17H2,1H3,(H,27,32). The number of carbonyl (C=O) groups is 1. The number of hydrogen-bond acceptors (Lipinski definition) is 4. The van der Waals surface area contributed by atoms with Crippen LogP contribution in [0.4, 0.5) is 0 Å². The number of nitrogens with zero attached hydrogens (tertiary/aromatic N) is 4. The Balaban J connectivity index is 1.37. The SMILES string of the molecule is Cc1ccc(-c2nn(-c3ccccc3)cc2C(=O)NCc2cccc(Cn3cccn3)c2)o1. The molecule has 3 heterocycles. The van der Waals surface area contributed by atoms with Crippen LogP contribution in [0.1, 0.15) is 27.2 Å². The van der Waals surface area contributed by atoms with Crippen LogP contribution in [0.5, 0.6) is 0 Å². The lowest BCUT2D eigenvalue weighted by Gasteiger charge is -2.08. The third-order valence-corrected chi connectivity index (χ3v) is 5.30. The van der Waals surface area contributed by atoms with Crippen molar-refractivity contribution in [2.45, 2.75) is 20.0 Å². The van der Waals surface area contributed by atoms with E-state index in [0.29, 0.717) is 30.1 Å². The topological polar surface area (TPSA) is 77.9 Å². The highest BCUT2D eigenvalue weighted by Crippen LogP contribution is 2.26. The van der Waals surface area contributed by atoms with Gasteiger partial charge in [-0.25, -0.2) is 4.68 Å². The summed E-state index contributed by atoms with van der Waals surface area (Å²) in [7, 11) is 0. The molecule has 0 unspecified atom stereocenters. The maximum absolute atomic E-state index is 13.2. The molecule has 0 aliphatic carbocycles. The first-order valence-electron chi connectivity index (χ1n) is 10.7. The highest BCUT2D eigenvalue weighted by molar-refractivity contribution is 5.99. The third kappa shape index (κ3) is 4.62. The average molecular weight is 438 g/mol. The van der Waals surface area contributed by atoms with Crippen LogP contribution in [-0.2, 0) is 13.1 Å². The maximum Gasteiger partial charge on any atom is 0.255 e. The van der Waals surface area contributed by atoms with Crippen LogP contribution in [0.15, 0.2) is 95.8 Å². The van der Waals surface area contributed by atoms with E-state index in [1.807, 2.05) is 84.5 Å². The van der Waals surface area contributed by atoms with Gasteiger partial charge < -0.3 is 9.73 Å². The van der Waals surface area contributed by atoms with Crippen molar-refractivity contribution in [3.8, 4) is 17.1 Å². The van der Waals surface area contributed by atoms with E-state index < -0.39 is 0 Å². The Hall–Kier alpha value is -4.39. The zero-order valence-corrected chi connectivity index (χ0v) is 18.2. The molecule has 0 aliphatic heterocycles. The molecule has 33 heavy (non-hydrogen) atoms. The highest BCUT2D eigenvalue weighted by atomic mass is 16.3. The second-order valence-electron chi connectivity index (χ2n) is 7.79. The van der Waals surface area contributed by atoms with E-state index in [0.717, 1.165) is 22.6 Å². The van der Waals surface area contributed by atoms with Crippen LogP contribution in [0.2, 0.25) is 0 Å². The number of furan rings is 1. The molecule has 7 heteroatoms. The minimum absolute atomic E-state index is 0.210. The Bertz CT molecular complexity index is 1370. The van der Waals surface area contributed by atoms with E-state index in [1.54, 1.807) is 17.1 Å². The summed E-state index contributed by atoms with van der Waals surface area (Å²) in [5.74, 6) is 1.12. The molecule has 5 rings (SSSR count). The van der Waals surface area contributed by atoms with Gasteiger partial charge in [-0.15, -0.1) is 0 Å². The average Bonchev–Trinajstić information content (AvgIpc) is 3.59. The number of carbonyl (C=O) groups excluding carboxylic acids is 1. The molecule has 7 nitrogen and oxygen atoms in total. The molecule has 0 aliphatic rings. The second-order valence-corrected chi connectivity index (χ2v) is 7.79. The predicted molar refractivity (Wildman–Crippen MR) is 125 cm³/mol. The monoisotopic (exact) mass is 437 g/mol. The van der Waals surface area contributed by atoms with Crippen molar-refractivity contribution in [1.29, 1.82) is 0 Å². The zero-order chi connectivity index (χ0) is 22.6. The van der Waals surface area contributed by atoms with Gasteiger partial charge in [0.2, 0.25) is 0 Å². The van der Waals surface area contributed by atoms with Gasteiger partial charge in [-0.3, -0.25) is 9.48 Å². The van der Waals surface area contributed by atoms with Gasteiger partial charge in [-0.05, 0) is 48.4 Å². The zero-order valence-electron chi connectivity index (χ0n) is 18.2. The van der Waals surface area contributed by atoms with E-state index in [-0.39, 0.29) is 5.91 Å². The van der Waals surface area contributed by atoms with Gasteiger partial charge in [0.1, 0.15) is 11.5 Å². The van der Waals surface area contributed by atoms with Crippen molar-refractivity contribution in [2.24, 2.45) is 0 Å². The number of para-hydroxylation sites is 1. The molecule has 164 valence electrons. The van der Waals surface area contributed by atoms with Gasteiger partial charge in [0.05, 0.1) is 17.8 Å². The Kier molecular flexibility index (Phi) is 5.59. The van der Waals surface area contributed by atoms with Gasteiger partial charge in [0.25, 0.3) is 5.91 Å². The molecule has 0 spiro atoms. The van der Waals surface area contributed by atoms with E-state index >= 15 is 0 Å². The molecule has 0 bridgehead atoms. The number of amides is 1. The number of hydrogen-bond donors (Lipinski definition) is 1. The van der Waals surface area contributed by atoms with Gasteiger partial charge in [0, 0.05) is 25.1 Å². The van der Waals surface area contributed by atoms with E-state index in [4.69, 9.17) is 4.42 Å². The van der Waals surface area contributed by atoms with Crippen LogP contribution >= 0.6 is 0 Å². The number of benzene rings is 2. The van der Waals surface area contributed by atoms with Crippen molar-refractivity contribution < 1.29 is 9.21 Å². The number of rotatable bonds is 7.